The predicted molar refractivity (Wildman–Crippen MR) is 65.6 cm³/mol. The first-order valence-corrected chi connectivity index (χ1v) is 7.30. The SMILES string of the molecule is NCCCc1ccccc1S(=O)(=O)C1COC1. The molecule has 0 amide bonds. The van der Waals surface area contributed by atoms with Gasteiger partial charge in [0.25, 0.3) is 0 Å². The van der Waals surface area contributed by atoms with Crippen molar-refractivity contribution in [2.75, 3.05) is 19.8 Å². The largest absolute Gasteiger partial charge is 0.379 e. The lowest BCUT2D eigenvalue weighted by Crippen LogP contribution is -2.41. The van der Waals surface area contributed by atoms with E-state index in [0.29, 0.717) is 31.1 Å². The van der Waals surface area contributed by atoms with E-state index in [0.717, 1.165) is 12.0 Å². The standard InChI is InChI=1S/C12H17NO3S/c13-7-3-5-10-4-1-2-6-12(10)17(14,15)11-8-16-9-11/h1-2,4,6,11H,3,5,7-9,13H2. The third-order valence-corrected chi connectivity index (χ3v) is 5.14. The van der Waals surface area contributed by atoms with Gasteiger partial charge in [-0.3, -0.25) is 0 Å². The zero-order chi connectivity index (χ0) is 12.3. The summed E-state index contributed by atoms with van der Waals surface area (Å²) in [5.41, 5.74) is 6.33. The summed E-state index contributed by atoms with van der Waals surface area (Å²) >= 11 is 0. The van der Waals surface area contributed by atoms with Crippen molar-refractivity contribution in [1.82, 2.24) is 0 Å². The summed E-state index contributed by atoms with van der Waals surface area (Å²) in [6, 6.07) is 7.17. The Labute approximate surface area is 102 Å². The molecule has 1 aromatic carbocycles. The van der Waals surface area contributed by atoms with Gasteiger partial charge in [0.1, 0.15) is 5.25 Å². The molecule has 0 saturated carbocycles. The van der Waals surface area contributed by atoms with Crippen LogP contribution in [0.5, 0.6) is 0 Å². The molecule has 94 valence electrons. The van der Waals surface area contributed by atoms with Crippen LogP contribution >= 0.6 is 0 Å². The van der Waals surface area contributed by atoms with Gasteiger partial charge in [0.15, 0.2) is 9.84 Å². The Morgan fingerprint density at radius 2 is 2.00 bits per heavy atom. The number of nitrogens with two attached hydrogens (primary N) is 1. The molecule has 2 rings (SSSR count). The molecule has 1 aliphatic heterocycles. The lowest BCUT2D eigenvalue weighted by Gasteiger charge is -2.26. The van der Waals surface area contributed by atoms with Crippen LogP contribution in [-0.4, -0.2) is 33.4 Å². The van der Waals surface area contributed by atoms with Gasteiger partial charge in [-0.2, -0.15) is 0 Å². The average Bonchev–Trinajstić information content (AvgIpc) is 2.23. The van der Waals surface area contributed by atoms with Crippen molar-refractivity contribution in [3.05, 3.63) is 29.8 Å². The summed E-state index contributed by atoms with van der Waals surface area (Å²) in [6.07, 6.45) is 1.51. The van der Waals surface area contributed by atoms with Crippen molar-refractivity contribution in [3.63, 3.8) is 0 Å². The highest BCUT2D eigenvalue weighted by Gasteiger charge is 2.34. The van der Waals surface area contributed by atoms with Gasteiger partial charge in [0.2, 0.25) is 0 Å². The van der Waals surface area contributed by atoms with E-state index < -0.39 is 9.84 Å². The highest BCUT2D eigenvalue weighted by atomic mass is 32.2. The third-order valence-electron chi connectivity index (χ3n) is 2.98. The smallest absolute Gasteiger partial charge is 0.186 e. The van der Waals surface area contributed by atoms with Crippen LogP contribution in [0, 0.1) is 0 Å². The van der Waals surface area contributed by atoms with Gasteiger partial charge in [-0.15, -0.1) is 0 Å². The van der Waals surface area contributed by atoms with E-state index in [1.165, 1.54) is 0 Å². The van der Waals surface area contributed by atoms with Crippen LogP contribution in [0.3, 0.4) is 0 Å². The van der Waals surface area contributed by atoms with Crippen molar-refractivity contribution >= 4 is 9.84 Å². The first-order chi connectivity index (χ1) is 8.16. The summed E-state index contributed by atoms with van der Waals surface area (Å²) in [4.78, 5) is 0.446. The first kappa shape index (κ1) is 12.5. The van der Waals surface area contributed by atoms with Crippen LogP contribution in [0.2, 0.25) is 0 Å². The fourth-order valence-electron chi connectivity index (χ4n) is 1.85. The topological polar surface area (TPSA) is 69.4 Å². The minimum Gasteiger partial charge on any atom is -0.379 e. The maximum Gasteiger partial charge on any atom is 0.186 e. The number of hydrogen-bond donors (Lipinski definition) is 1. The molecule has 0 unspecified atom stereocenters. The average molecular weight is 255 g/mol. The minimum absolute atomic E-state index is 0.313. The Balaban J connectivity index is 2.30. The summed E-state index contributed by atoms with van der Waals surface area (Å²) in [5.74, 6) is 0. The summed E-state index contributed by atoms with van der Waals surface area (Å²) < 4.78 is 29.5. The van der Waals surface area contributed by atoms with E-state index in [-0.39, 0.29) is 5.25 Å². The Morgan fingerprint density at radius 3 is 2.59 bits per heavy atom. The fourth-order valence-corrected chi connectivity index (χ4v) is 3.57. The molecule has 5 heteroatoms. The second-order valence-electron chi connectivity index (χ2n) is 4.20. The minimum atomic E-state index is -3.23. The lowest BCUT2D eigenvalue weighted by molar-refractivity contribution is 0.0416. The molecule has 0 aliphatic carbocycles. The van der Waals surface area contributed by atoms with Gasteiger partial charge in [-0.05, 0) is 31.0 Å². The lowest BCUT2D eigenvalue weighted by atomic mass is 10.1. The summed E-state index contributed by atoms with van der Waals surface area (Å²) in [6.45, 7) is 1.20. The number of rotatable bonds is 5. The van der Waals surface area contributed by atoms with Crippen LogP contribution in [0.25, 0.3) is 0 Å². The van der Waals surface area contributed by atoms with E-state index >= 15 is 0 Å². The van der Waals surface area contributed by atoms with E-state index in [1.807, 2.05) is 12.1 Å². The summed E-state index contributed by atoms with van der Waals surface area (Å²) in [5, 5.41) is -0.374. The predicted octanol–water partition coefficient (Wildman–Crippen LogP) is 0.750. The Kier molecular flexibility index (Phi) is 3.81. The Morgan fingerprint density at radius 1 is 1.29 bits per heavy atom. The van der Waals surface area contributed by atoms with Crippen LogP contribution in [0.4, 0.5) is 0 Å². The van der Waals surface area contributed by atoms with Gasteiger partial charge in [0.05, 0.1) is 18.1 Å². The monoisotopic (exact) mass is 255 g/mol. The van der Waals surface area contributed by atoms with E-state index in [9.17, 15) is 8.42 Å². The third kappa shape index (κ3) is 2.51. The van der Waals surface area contributed by atoms with Crippen molar-refractivity contribution in [2.24, 2.45) is 5.73 Å². The quantitative estimate of drug-likeness (QED) is 0.843. The molecule has 2 N–H and O–H groups in total. The molecule has 4 nitrogen and oxygen atoms in total. The van der Waals surface area contributed by atoms with Gasteiger partial charge in [-0.1, -0.05) is 18.2 Å². The Hall–Kier alpha value is -0.910. The van der Waals surface area contributed by atoms with Gasteiger partial charge in [-0.25, -0.2) is 8.42 Å². The molecule has 1 aliphatic rings. The highest BCUT2D eigenvalue weighted by molar-refractivity contribution is 7.92. The van der Waals surface area contributed by atoms with E-state index in [4.69, 9.17) is 10.5 Å². The molecule has 0 atom stereocenters. The fraction of sp³-hybridized carbons (Fsp3) is 0.500. The first-order valence-electron chi connectivity index (χ1n) is 5.76. The molecular weight excluding hydrogens is 238 g/mol. The van der Waals surface area contributed by atoms with Crippen molar-refractivity contribution in [3.8, 4) is 0 Å². The number of ether oxygens (including phenoxy) is 1. The van der Waals surface area contributed by atoms with Crippen LogP contribution in [-0.2, 0) is 21.0 Å². The molecule has 1 heterocycles. The van der Waals surface area contributed by atoms with Crippen molar-refractivity contribution < 1.29 is 13.2 Å². The van der Waals surface area contributed by atoms with Gasteiger partial charge < -0.3 is 10.5 Å². The molecule has 1 aromatic rings. The zero-order valence-corrected chi connectivity index (χ0v) is 10.4. The summed E-state index contributed by atoms with van der Waals surface area (Å²) in [7, 11) is -3.23. The molecule has 1 fully saturated rings. The number of benzene rings is 1. The van der Waals surface area contributed by atoms with Crippen molar-refractivity contribution in [1.29, 1.82) is 0 Å². The number of hydrogen-bond acceptors (Lipinski definition) is 4. The molecular formula is C12H17NO3S. The van der Waals surface area contributed by atoms with Gasteiger partial charge in [0, 0.05) is 0 Å². The number of sulfone groups is 1. The maximum atomic E-state index is 12.3. The molecule has 1 saturated heterocycles. The molecule has 0 bridgehead atoms. The zero-order valence-electron chi connectivity index (χ0n) is 9.63. The van der Waals surface area contributed by atoms with Crippen molar-refractivity contribution in [2.45, 2.75) is 23.0 Å². The van der Waals surface area contributed by atoms with Crippen LogP contribution < -0.4 is 5.73 Å². The molecule has 0 radical (unpaired) electrons. The van der Waals surface area contributed by atoms with Crippen LogP contribution in [0.1, 0.15) is 12.0 Å². The normalized spacial score (nSPS) is 16.8. The highest BCUT2D eigenvalue weighted by Crippen LogP contribution is 2.25. The Bertz CT molecular complexity index is 480. The molecule has 0 aromatic heterocycles. The van der Waals surface area contributed by atoms with E-state index in [2.05, 4.69) is 0 Å². The second kappa shape index (κ2) is 5.16. The molecule has 0 spiro atoms. The second-order valence-corrected chi connectivity index (χ2v) is 6.40. The van der Waals surface area contributed by atoms with E-state index in [1.54, 1.807) is 12.1 Å². The van der Waals surface area contributed by atoms with Gasteiger partial charge >= 0.3 is 0 Å². The van der Waals surface area contributed by atoms with Crippen LogP contribution in [0.15, 0.2) is 29.2 Å². The molecule has 17 heavy (non-hydrogen) atoms. The maximum absolute atomic E-state index is 12.3. The number of aryl methyl sites for hydroxylation is 1.